The van der Waals surface area contributed by atoms with Crippen LogP contribution in [0, 0.1) is 19.6 Å². The molecule has 5 nitrogen and oxygen atoms in total. The molecule has 1 fully saturated rings. The van der Waals surface area contributed by atoms with Gasteiger partial charge >= 0.3 is 0 Å². The fourth-order valence-electron chi connectivity index (χ4n) is 1.85. The molecule has 0 radical (unpaired) electrons. The van der Waals surface area contributed by atoms with E-state index in [0.717, 1.165) is 16.4 Å². The second kappa shape index (κ2) is 5.18. The van der Waals surface area contributed by atoms with Crippen LogP contribution in [-0.2, 0) is 0 Å². The molecule has 1 aliphatic carbocycles. The first kappa shape index (κ1) is 12.6. The van der Waals surface area contributed by atoms with Crippen molar-refractivity contribution in [2.45, 2.75) is 18.9 Å². The molecule has 3 N–H and O–H groups in total. The van der Waals surface area contributed by atoms with Crippen molar-refractivity contribution in [1.29, 1.82) is 0 Å². The second-order valence-corrected chi connectivity index (χ2v) is 5.49. The molecule has 1 unspecified atom stereocenters. The van der Waals surface area contributed by atoms with E-state index in [-0.39, 0.29) is 16.7 Å². The predicted octanol–water partition coefficient (Wildman–Crippen LogP) is 2.35. The number of anilines is 1. The third-order valence-electron chi connectivity index (χ3n) is 2.94. The van der Waals surface area contributed by atoms with Gasteiger partial charge in [0.1, 0.15) is 5.69 Å². The summed E-state index contributed by atoms with van der Waals surface area (Å²) in [7, 11) is 0. The molecule has 1 atom stereocenters. The Morgan fingerprint density at radius 3 is 2.82 bits per heavy atom. The number of hydrogen-bond donors (Lipinski definition) is 2. The van der Waals surface area contributed by atoms with E-state index in [1.807, 2.05) is 6.07 Å². The summed E-state index contributed by atoms with van der Waals surface area (Å²) in [5.41, 5.74) is 6.37. The van der Waals surface area contributed by atoms with Crippen LogP contribution in [0.1, 0.15) is 12.8 Å². The van der Waals surface area contributed by atoms with E-state index < -0.39 is 0 Å². The van der Waals surface area contributed by atoms with Gasteiger partial charge in [0.05, 0.1) is 4.92 Å². The Bertz CT molecular complexity index is 435. The average molecular weight is 347 g/mol. The first-order chi connectivity index (χ1) is 8.11. The molecule has 0 saturated heterocycles. The van der Waals surface area contributed by atoms with Crippen LogP contribution in [0.2, 0.25) is 0 Å². The summed E-state index contributed by atoms with van der Waals surface area (Å²) in [4.78, 5) is 10.6. The van der Waals surface area contributed by atoms with E-state index >= 15 is 0 Å². The highest BCUT2D eigenvalue weighted by atomic mass is 127. The van der Waals surface area contributed by atoms with Gasteiger partial charge in [-0.05, 0) is 53.5 Å². The first-order valence-electron chi connectivity index (χ1n) is 5.52. The Morgan fingerprint density at radius 2 is 2.29 bits per heavy atom. The van der Waals surface area contributed by atoms with Gasteiger partial charge in [-0.3, -0.25) is 10.1 Å². The number of halogens is 1. The summed E-state index contributed by atoms with van der Waals surface area (Å²) in [6.45, 7) is 0.508. The molecule has 0 aliphatic heterocycles. The Balaban J connectivity index is 2.21. The summed E-state index contributed by atoms with van der Waals surface area (Å²) in [5.74, 6) is 0.568. The highest BCUT2D eigenvalue weighted by Gasteiger charge is 2.31. The lowest BCUT2D eigenvalue weighted by Gasteiger charge is -2.17. The Labute approximate surface area is 113 Å². The number of rotatable bonds is 5. The molecule has 2 rings (SSSR count). The number of hydrogen-bond acceptors (Lipinski definition) is 4. The quantitative estimate of drug-likeness (QED) is 0.487. The van der Waals surface area contributed by atoms with Crippen LogP contribution in [-0.4, -0.2) is 17.5 Å². The lowest BCUT2D eigenvalue weighted by molar-refractivity contribution is -0.384. The molecule has 0 aromatic heterocycles. The van der Waals surface area contributed by atoms with Gasteiger partial charge in [-0.15, -0.1) is 0 Å². The van der Waals surface area contributed by atoms with Crippen molar-refractivity contribution in [3.05, 3.63) is 31.9 Å². The van der Waals surface area contributed by atoms with Crippen molar-refractivity contribution < 1.29 is 4.92 Å². The van der Waals surface area contributed by atoms with Gasteiger partial charge in [0, 0.05) is 22.2 Å². The molecule has 0 spiro atoms. The van der Waals surface area contributed by atoms with E-state index in [4.69, 9.17) is 5.73 Å². The van der Waals surface area contributed by atoms with Crippen molar-refractivity contribution in [2.24, 2.45) is 11.7 Å². The molecule has 1 saturated carbocycles. The molecule has 0 amide bonds. The predicted molar refractivity (Wildman–Crippen MR) is 75.0 cm³/mol. The minimum Gasteiger partial charge on any atom is -0.375 e. The zero-order valence-electron chi connectivity index (χ0n) is 9.23. The first-order valence-corrected chi connectivity index (χ1v) is 6.60. The van der Waals surface area contributed by atoms with Gasteiger partial charge in [-0.25, -0.2) is 0 Å². The topological polar surface area (TPSA) is 81.2 Å². The van der Waals surface area contributed by atoms with Crippen LogP contribution < -0.4 is 11.1 Å². The smallest absolute Gasteiger partial charge is 0.293 e. The van der Waals surface area contributed by atoms with E-state index in [0.29, 0.717) is 18.2 Å². The number of nitro groups is 1. The van der Waals surface area contributed by atoms with Gasteiger partial charge in [-0.2, -0.15) is 0 Å². The summed E-state index contributed by atoms with van der Waals surface area (Å²) >= 11 is 2.07. The summed E-state index contributed by atoms with van der Waals surface area (Å²) in [6.07, 6.45) is 2.32. The van der Waals surface area contributed by atoms with Crippen molar-refractivity contribution in [3.8, 4) is 0 Å². The number of benzene rings is 1. The number of nitrogens with zero attached hydrogens (tertiary/aromatic N) is 1. The average Bonchev–Trinajstić information content (AvgIpc) is 3.11. The van der Waals surface area contributed by atoms with Gasteiger partial charge in [0.2, 0.25) is 0 Å². The van der Waals surface area contributed by atoms with Gasteiger partial charge < -0.3 is 11.1 Å². The van der Waals surface area contributed by atoms with E-state index in [2.05, 4.69) is 27.9 Å². The van der Waals surface area contributed by atoms with Gasteiger partial charge in [-0.1, -0.05) is 0 Å². The molecule has 1 aliphatic rings. The Hall–Kier alpha value is -0.890. The molecule has 1 aromatic rings. The van der Waals surface area contributed by atoms with Gasteiger partial charge in [0.15, 0.2) is 0 Å². The monoisotopic (exact) mass is 347 g/mol. The van der Waals surface area contributed by atoms with Crippen LogP contribution in [0.15, 0.2) is 18.2 Å². The van der Waals surface area contributed by atoms with Crippen LogP contribution in [0.25, 0.3) is 0 Å². The van der Waals surface area contributed by atoms with Crippen molar-refractivity contribution in [2.75, 3.05) is 11.9 Å². The molecule has 1 aromatic carbocycles. The summed E-state index contributed by atoms with van der Waals surface area (Å²) < 4.78 is 0.857. The third kappa shape index (κ3) is 3.06. The fourth-order valence-corrected chi connectivity index (χ4v) is 2.32. The Morgan fingerprint density at radius 1 is 1.59 bits per heavy atom. The van der Waals surface area contributed by atoms with E-state index in [1.54, 1.807) is 12.1 Å². The number of nitrogens with two attached hydrogens (primary N) is 1. The number of nitro benzene ring substituents is 1. The Kier molecular flexibility index (Phi) is 3.82. The van der Waals surface area contributed by atoms with E-state index in [1.165, 1.54) is 0 Å². The lowest BCUT2D eigenvalue weighted by atomic mass is 10.1. The molecule has 0 heterocycles. The molecule has 92 valence electrons. The lowest BCUT2D eigenvalue weighted by Crippen LogP contribution is -2.31. The maximum absolute atomic E-state index is 11.0. The molecule has 6 heteroatoms. The molecular formula is C11H14IN3O2. The normalized spacial score (nSPS) is 16.6. The molecule has 0 bridgehead atoms. The van der Waals surface area contributed by atoms with Crippen molar-refractivity contribution in [3.63, 3.8) is 0 Å². The zero-order valence-corrected chi connectivity index (χ0v) is 11.4. The van der Waals surface area contributed by atoms with Crippen LogP contribution >= 0.6 is 22.6 Å². The largest absolute Gasteiger partial charge is 0.375 e. The highest BCUT2D eigenvalue weighted by molar-refractivity contribution is 14.1. The van der Waals surface area contributed by atoms with Crippen molar-refractivity contribution in [1.82, 2.24) is 0 Å². The van der Waals surface area contributed by atoms with Crippen LogP contribution in [0.4, 0.5) is 11.4 Å². The van der Waals surface area contributed by atoms with Crippen LogP contribution in [0.3, 0.4) is 0 Å². The number of nitrogens with one attached hydrogen (secondary N) is 1. The van der Waals surface area contributed by atoms with E-state index in [9.17, 15) is 10.1 Å². The minimum absolute atomic E-state index is 0.121. The van der Waals surface area contributed by atoms with Crippen molar-refractivity contribution >= 4 is 34.0 Å². The second-order valence-electron chi connectivity index (χ2n) is 4.24. The summed E-state index contributed by atoms with van der Waals surface area (Å²) in [5, 5.41) is 14.2. The maximum atomic E-state index is 11.0. The third-order valence-corrected chi connectivity index (χ3v) is 3.61. The van der Waals surface area contributed by atoms with Gasteiger partial charge in [0.25, 0.3) is 5.69 Å². The minimum atomic E-state index is -0.356. The SMILES string of the molecule is NCC(Nc1ccc(I)cc1[N+](=O)[O-])C1CC1. The fraction of sp³-hybridized carbons (Fsp3) is 0.455. The maximum Gasteiger partial charge on any atom is 0.293 e. The summed E-state index contributed by atoms with van der Waals surface area (Å²) in [6, 6.07) is 5.33. The molecule has 17 heavy (non-hydrogen) atoms. The molecular weight excluding hydrogens is 333 g/mol. The zero-order chi connectivity index (χ0) is 12.4. The standard InChI is InChI=1S/C11H14IN3O2/c12-8-3-4-9(11(5-8)15(16)17)14-10(6-13)7-1-2-7/h3-5,7,10,14H,1-2,6,13H2. The highest BCUT2D eigenvalue weighted by Crippen LogP contribution is 2.35. The van der Waals surface area contributed by atoms with Crippen LogP contribution in [0.5, 0.6) is 0 Å².